The van der Waals surface area contributed by atoms with Gasteiger partial charge in [-0.05, 0) is 0 Å². The summed E-state index contributed by atoms with van der Waals surface area (Å²) in [4.78, 5) is 16.4. The van der Waals surface area contributed by atoms with Crippen molar-refractivity contribution >= 4 is 7.82 Å². The summed E-state index contributed by atoms with van der Waals surface area (Å²) in [6.45, 7) is -1.32. The molecule has 0 radical (unpaired) electrons. The zero-order valence-corrected chi connectivity index (χ0v) is 6.45. The van der Waals surface area contributed by atoms with Crippen LogP contribution in [0.4, 0.5) is 0 Å². The molecule has 0 heterocycles. The van der Waals surface area contributed by atoms with Gasteiger partial charge in [-0.1, -0.05) is 0 Å². The van der Waals surface area contributed by atoms with E-state index in [1.165, 1.54) is 14.2 Å². The molecule has 6 nitrogen and oxygen atoms in total. The first-order valence-electron chi connectivity index (χ1n) is 2.29. The predicted molar refractivity (Wildman–Crippen MR) is 30.9 cm³/mol. The van der Waals surface area contributed by atoms with Crippen molar-refractivity contribution in [3.8, 4) is 0 Å². The van der Waals surface area contributed by atoms with Gasteiger partial charge in [-0.3, -0.25) is 0 Å². The van der Waals surface area contributed by atoms with E-state index in [9.17, 15) is 4.57 Å². The quantitative estimate of drug-likeness (QED) is 0.446. The van der Waals surface area contributed by atoms with Crippen LogP contribution < -0.4 is 0 Å². The molecule has 0 aromatic heterocycles. The molecule has 7 heteroatoms. The number of rotatable bonds is 4. The molecule has 0 unspecified atom stereocenters. The Balaban J connectivity index is 3.75. The molecule has 0 atom stereocenters. The highest BCUT2D eigenvalue weighted by molar-refractivity contribution is 7.46. The van der Waals surface area contributed by atoms with Crippen molar-refractivity contribution in [1.82, 2.24) is 0 Å². The minimum atomic E-state index is -4.50. The van der Waals surface area contributed by atoms with Crippen LogP contribution >= 0.6 is 7.82 Å². The molecule has 0 amide bonds. The van der Waals surface area contributed by atoms with Gasteiger partial charge in [-0.15, -0.1) is 0 Å². The van der Waals surface area contributed by atoms with E-state index in [2.05, 4.69) is 14.0 Å². The van der Waals surface area contributed by atoms with E-state index in [0.29, 0.717) is 0 Å². The van der Waals surface area contributed by atoms with Crippen molar-refractivity contribution < 1.29 is 28.3 Å². The maximum absolute atomic E-state index is 10.1. The Kier molecular flexibility index (Phi) is 4.04. The molecular formula is C3H9O6P. The molecule has 10 heavy (non-hydrogen) atoms. The van der Waals surface area contributed by atoms with Crippen LogP contribution in [0.15, 0.2) is 0 Å². The van der Waals surface area contributed by atoms with Crippen molar-refractivity contribution in [2.75, 3.05) is 14.2 Å². The second-order valence-corrected chi connectivity index (χ2v) is 2.55. The fraction of sp³-hybridized carbons (Fsp3) is 1.00. The molecule has 0 aromatic rings. The lowest BCUT2D eigenvalue weighted by Gasteiger charge is -2.13. The van der Waals surface area contributed by atoms with Crippen LogP contribution in [0.2, 0.25) is 0 Å². The Bertz CT molecular complexity index is 125. The van der Waals surface area contributed by atoms with Crippen LogP contribution in [0.3, 0.4) is 0 Å². The molecule has 0 saturated carbocycles. The van der Waals surface area contributed by atoms with Gasteiger partial charge >= 0.3 is 7.82 Å². The van der Waals surface area contributed by atoms with E-state index in [1.54, 1.807) is 0 Å². The second-order valence-electron chi connectivity index (χ2n) is 1.36. The van der Waals surface area contributed by atoms with E-state index in [-0.39, 0.29) is 0 Å². The monoisotopic (exact) mass is 172 g/mol. The number of hydrogen-bond acceptors (Lipinski definition) is 4. The van der Waals surface area contributed by atoms with Gasteiger partial charge in [-0.2, -0.15) is 0 Å². The third-order valence-electron chi connectivity index (χ3n) is 0.608. The van der Waals surface area contributed by atoms with Gasteiger partial charge in [-0.25, -0.2) is 9.09 Å². The average Bonchev–Trinajstić information content (AvgIpc) is 1.81. The minimum absolute atomic E-state index is 1.20. The fourth-order valence-electron chi connectivity index (χ4n) is 0.294. The van der Waals surface area contributed by atoms with Gasteiger partial charge in [0.05, 0.1) is 0 Å². The number of methoxy groups -OCH3 is 2. The van der Waals surface area contributed by atoms with E-state index < -0.39 is 14.3 Å². The maximum atomic E-state index is 10.1. The fourth-order valence-corrected chi connectivity index (χ4v) is 0.691. The van der Waals surface area contributed by atoms with Crippen LogP contribution in [-0.2, 0) is 18.6 Å². The molecule has 0 bridgehead atoms. The van der Waals surface area contributed by atoms with Crippen LogP contribution in [0.1, 0.15) is 0 Å². The minimum Gasteiger partial charge on any atom is -0.333 e. The molecule has 0 saturated heterocycles. The highest BCUT2D eigenvalue weighted by Gasteiger charge is 2.21. The van der Waals surface area contributed by atoms with Gasteiger partial charge in [0, 0.05) is 14.2 Å². The van der Waals surface area contributed by atoms with E-state index in [4.69, 9.17) is 9.79 Å². The first-order chi connectivity index (χ1) is 4.49. The summed E-state index contributed by atoms with van der Waals surface area (Å²) in [6.07, 6.45) is 0. The Morgan fingerprint density at radius 1 is 1.30 bits per heavy atom. The molecule has 62 valence electrons. The lowest BCUT2D eigenvalue weighted by molar-refractivity contribution is -0.226. The van der Waals surface area contributed by atoms with Crippen molar-refractivity contribution in [3.63, 3.8) is 0 Å². The summed E-state index contributed by atoms with van der Waals surface area (Å²) in [5.41, 5.74) is 0. The Morgan fingerprint density at radius 2 is 1.70 bits per heavy atom. The van der Waals surface area contributed by atoms with E-state index >= 15 is 0 Å². The first-order valence-corrected chi connectivity index (χ1v) is 3.82. The zero-order chi connectivity index (χ0) is 8.20. The normalized spacial score (nSPS) is 12.5. The second kappa shape index (κ2) is 4.02. The standard InChI is InChI=1S/C3H9O6P/c1-7-3(8-2)9-10(4,5)6/h3H,1-2H3,(H2,4,5,6). The lowest BCUT2D eigenvalue weighted by Crippen LogP contribution is -2.15. The van der Waals surface area contributed by atoms with Gasteiger partial charge < -0.3 is 19.3 Å². The smallest absolute Gasteiger partial charge is 0.333 e. The van der Waals surface area contributed by atoms with Gasteiger partial charge in [0.15, 0.2) is 0 Å². The van der Waals surface area contributed by atoms with Crippen molar-refractivity contribution in [2.45, 2.75) is 6.48 Å². The largest absolute Gasteiger partial charge is 0.473 e. The van der Waals surface area contributed by atoms with Gasteiger partial charge in [0.1, 0.15) is 0 Å². The van der Waals surface area contributed by atoms with E-state index in [0.717, 1.165) is 0 Å². The molecule has 0 aliphatic heterocycles. The number of phosphoric ester groups is 1. The Hall–Kier alpha value is 0.0300. The third-order valence-corrected chi connectivity index (χ3v) is 1.06. The summed E-state index contributed by atoms with van der Waals surface area (Å²) in [5, 5.41) is 0. The SMILES string of the molecule is COC(OC)OP(=O)(O)O. The maximum Gasteiger partial charge on any atom is 0.473 e. The molecule has 0 spiro atoms. The summed E-state index contributed by atoms with van der Waals surface area (Å²) < 4.78 is 22.7. The summed E-state index contributed by atoms with van der Waals surface area (Å²) >= 11 is 0. The molecule has 0 aliphatic rings. The van der Waals surface area contributed by atoms with Crippen LogP contribution in [0.25, 0.3) is 0 Å². The number of ether oxygens (including phenoxy) is 2. The van der Waals surface area contributed by atoms with Crippen LogP contribution in [0, 0.1) is 0 Å². The molecule has 2 N–H and O–H groups in total. The zero-order valence-electron chi connectivity index (χ0n) is 5.55. The molecule has 0 rings (SSSR count). The van der Waals surface area contributed by atoms with Gasteiger partial charge in [0.25, 0.3) is 6.48 Å². The average molecular weight is 172 g/mol. The molecule has 0 aromatic carbocycles. The highest BCUT2D eigenvalue weighted by Crippen LogP contribution is 2.37. The number of hydrogen-bond donors (Lipinski definition) is 2. The highest BCUT2D eigenvalue weighted by atomic mass is 31.2. The Labute approximate surface area is 57.9 Å². The van der Waals surface area contributed by atoms with E-state index in [1.807, 2.05) is 0 Å². The van der Waals surface area contributed by atoms with Crippen LogP contribution in [-0.4, -0.2) is 30.5 Å². The van der Waals surface area contributed by atoms with Gasteiger partial charge in [0.2, 0.25) is 0 Å². The summed E-state index contributed by atoms with van der Waals surface area (Å²) in [7, 11) is -2.11. The number of phosphoric acid groups is 1. The third kappa shape index (κ3) is 4.87. The summed E-state index contributed by atoms with van der Waals surface area (Å²) in [5.74, 6) is 0. The summed E-state index contributed by atoms with van der Waals surface area (Å²) in [6, 6.07) is 0. The van der Waals surface area contributed by atoms with Crippen molar-refractivity contribution in [3.05, 3.63) is 0 Å². The topological polar surface area (TPSA) is 85.2 Å². The predicted octanol–water partition coefficient (Wildman–Crippen LogP) is -0.328. The van der Waals surface area contributed by atoms with Crippen molar-refractivity contribution in [2.24, 2.45) is 0 Å². The van der Waals surface area contributed by atoms with Crippen LogP contribution in [0.5, 0.6) is 0 Å². The Morgan fingerprint density at radius 3 is 1.80 bits per heavy atom. The first kappa shape index (κ1) is 10.0. The molecular weight excluding hydrogens is 163 g/mol. The molecule has 0 aliphatic carbocycles. The van der Waals surface area contributed by atoms with Crippen molar-refractivity contribution in [1.29, 1.82) is 0 Å². The lowest BCUT2D eigenvalue weighted by atomic mass is 11.2. The molecule has 0 fully saturated rings.